The van der Waals surface area contributed by atoms with Crippen molar-refractivity contribution in [2.24, 2.45) is 0 Å². The number of rotatable bonds is 2. The maximum atomic E-state index is 13.2. The molecule has 0 aliphatic carbocycles. The van der Waals surface area contributed by atoms with Crippen molar-refractivity contribution in [2.45, 2.75) is 12.5 Å². The summed E-state index contributed by atoms with van der Waals surface area (Å²) in [5.41, 5.74) is 1.01. The monoisotopic (exact) mass is 290 g/mol. The van der Waals surface area contributed by atoms with Crippen LogP contribution in [0.1, 0.15) is 27.2 Å². The van der Waals surface area contributed by atoms with Gasteiger partial charge in [-0.05, 0) is 30.7 Å². The van der Waals surface area contributed by atoms with E-state index in [1.54, 1.807) is 12.3 Å². The molecule has 2 aromatic carbocycles. The summed E-state index contributed by atoms with van der Waals surface area (Å²) < 4.78 is 11.8. The SMILES string of the molecule is Cc1ccoc1C1(c2ccccc2)Oc2ccccc2C1=O. The molecule has 108 valence electrons. The summed E-state index contributed by atoms with van der Waals surface area (Å²) in [5, 5.41) is 0. The van der Waals surface area contributed by atoms with Crippen molar-refractivity contribution < 1.29 is 13.9 Å². The van der Waals surface area contributed by atoms with Crippen LogP contribution in [0.4, 0.5) is 0 Å². The summed E-state index contributed by atoms with van der Waals surface area (Å²) >= 11 is 0. The molecule has 3 heteroatoms. The van der Waals surface area contributed by atoms with Gasteiger partial charge in [0.25, 0.3) is 5.60 Å². The zero-order valence-corrected chi connectivity index (χ0v) is 12.1. The zero-order chi connectivity index (χ0) is 15.2. The molecule has 4 rings (SSSR count). The molecular weight excluding hydrogens is 276 g/mol. The number of aryl methyl sites for hydroxylation is 1. The Hall–Kier alpha value is -2.81. The highest BCUT2D eigenvalue weighted by Crippen LogP contribution is 2.46. The fourth-order valence-electron chi connectivity index (χ4n) is 3.02. The molecule has 1 atom stereocenters. The fraction of sp³-hybridized carbons (Fsp3) is 0.105. The molecule has 0 amide bonds. The van der Waals surface area contributed by atoms with Crippen molar-refractivity contribution in [1.29, 1.82) is 0 Å². The molecule has 1 aliphatic rings. The quantitative estimate of drug-likeness (QED) is 0.713. The second-order valence-corrected chi connectivity index (χ2v) is 5.41. The van der Waals surface area contributed by atoms with Crippen LogP contribution in [0.2, 0.25) is 0 Å². The van der Waals surface area contributed by atoms with E-state index in [4.69, 9.17) is 9.15 Å². The first-order valence-electron chi connectivity index (χ1n) is 7.16. The molecule has 0 radical (unpaired) electrons. The van der Waals surface area contributed by atoms with Crippen LogP contribution in [0.25, 0.3) is 0 Å². The van der Waals surface area contributed by atoms with E-state index >= 15 is 0 Å². The molecule has 0 fully saturated rings. The third kappa shape index (κ3) is 1.59. The van der Waals surface area contributed by atoms with Gasteiger partial charge in [-0.2, -0.15) is 0 Å². The van der Waals surface area contributed by atoms with Gasteiger partial charge in [0.05, 0.1) is 11.8 Å². The van der Waals surface area contributed by atoms with Crippen LogP contribution in [-0.2, 0) is 5.60 Å². The van der Waals surface area contributed by atoms with Gasteiger partial charge in [-0.15, -0.1) is 0 Å². The van der Waals surface area contributed by atoms with Gasteiger partial charge in [0.15, 0.2) is 5.76 Å². The minimum atomic E-state index is -1.24. The number of para-hydroxylation sites is 1. The minimum absolute atomic E-state index is 0.0904. The molecule has 0 spiro atoms. The maximum absolute atomic E-state index is 13.2. The first kappa shape index (κ1) is 12.9. The lowest BCUT2D eigenvalue weighted by atomic mass is 9.84. The smallest absolute Gasteiger partial charge is 0.253 e. The Labute approximate surface area is 128 Å². The topological polar surface area (TPSA) is 39.4 Å². The van der Waals surface area contributed by atoms with Crippen molar-refractivity contribution in [1.82, 2.24) is 0 Å². The third-order valence-corrected chi connectivity index (χ3v) is 4.08. The molecule has 1 unspecified atom stereocenters. The van der Waals surface area contributed by atoms with Crippen LogP contribution >= 0.6 is 0 Å². The Morgan fingerprint density at radius 3 is 2.32 bits per heavy atom. The van der Waals surface area contributed by atoms with Crippen molar-refractivity contribution >= 4 is 5.78 Å². The summed E-state index contributed by atoms with van der Waals surface area (Å²) in [5.74, 6) is 1.04. The van der Waals surface area contributed by atoms with E-state index < -0.39 is 5.60 Å². The molecule has 2 heterocycles. The molecule has 3 aromatic rings. The summed E-state index contributed by atoms with van der Waals surface area (Å²) in [6.45, 7) is 1.92. The molecular formula is C19H14O3. The number of Topliss-reactive ketones (excluding diaryl/α,β-unsaturated/α-hetero) is 1. The lowest BCUT2D eigenvalue weighted by Crippen LogP contribution is -2.38. The summed E-state index contributed by atoms with van der Waals surface area (Å²) in [7, 11) is 0. The number of benzene rings is 2. The lowest BCUT2D eigenvalue weighted by Gasteiger charge is -2.26. The number of ketones is 1. The fourth-order valence-corrected chi connectivity index (χ4v) is 3.02. The van der Waals surface area contributed by atoms with Gasteiger partial charge in [0, 0.05) is 5.56 Å². The molecule has 1 aromatic heterocycles. The molecule has 0 bridgehead atoms. The second kappa shape index (κ2) is 4.60. The highest BCUT2D eigenvalue weighted by atomic mass is 16.5. The van der Waals surface area contributed by atoms with Crippen LogP contribution in [0.15, 0.2) is 71.3 Å². The second-order valence-electron chi connectivity index (χ2n) is 5.41. The van der Waals surface area contributed by atoms with E-state index in [1.165, 1.54) is 0 Å². The number of carbonyl (C=O) groups excluding carboxylic acids is 1. The van der Waals surface area contributed by atoms with Crippen LogP contribution in [0.5, 0.6) is 5.75 Å². The molecule has 0 saturated heterocycles. The molecule has 0 N–H and O–H groups in total. The van der Waals surface area contributed by atoms with Crippen LogP contribution in [-0.4, -0.2) is 5.78 Å². The van der Waals surface area contributed by atoms with E-state index in [2.05, 4.69) is 0 Å². The summed E-state index contributed by atoms with van der Waals surface area (Å²) in [4.78, 5) is 13.2. The standard InChI is InChI=1S/C19H14O3/c1-13-11-12-21-18(13)19(14-7-3-2-4-8-14)17(20)15-9-5-6-10-16(15)22-19/h2-12H,1H3. The van der Waals surface area contributed by atoms with Gasteiger partial charge in [0.1, 0.15) is 5.75 Å². The number of fused-ring (bicyclic) bond motifs is 1. The number of hydrogen-bond acceptors (Lipinski definition) is 3. The Balaban J connectivity index is 2.01. The maximum Gasteiger partial charge on any atom is 0.253 e. The molecule has 1 aliphatic heterocycles. The number of carbonyl (C=O) groups is 1. The summed E-state index contributed by atoms with van der Waals surface area (Å²) in [6, 6.07) is 18.7. The normalized spacial score (nSPS) is 19.8. The van der Waals surface area contributed by atoms with Crippen molar-refractivity contribution in [3.8, 4) is 5.75 Å². The van der Waals surface area contributed by atoms with Crippen molar-refractivity contribution in [2.75, 3.05) is 0 Å². The largest absolute Gasteiger partial charge is 0.465 e. The first-order chi connectivity index (χ1) is 10.7. The van der Waals surface area contributed by atoms with Gasteiger partial charge in [0.2, 0.25) is 5.78 Å². The molecule has 0 saturated carbocycles. The molecule has 22 heavy (non-hydrogen) atoms. The van der Waals surface area contributed by atoms with E-state index in [-0.39, 0.29) is 5.78 Å². The van der Waals surface area contributed by atoms with E-state index in [9.17, 15) is 4.79 Å². The first-order valence-corrected chi connectivity index (χ1v) is 7.16. The number of ether oxygens (including phenoxy) is 1. The van der Waals surface area contributed by atoms with Gasteiger partial charge < -0.3 is 9.15 Å². The highest BCUT2D eigenvalue weighted by molar-refractivity contribution is 6.09. The van der Waals surface area contributed by atoms with Crippen molar-refractivity contribution in [3.63, 3.8) is 0 Å². The predicted molar refractivity (Wildman–Crippen MR) is 82.1 cm³/mol. The third-order valence-electron chi connectivity index (χ3n) is 4.08. The lowest BCUT2D eigenvalue weighted by molar-refractivity contribution is 0.0616. The van der Waals surface area contributed by atoms with Crippen LogP contribution in [0, 0.1) is 6.92 Å². The number of furan rings is 1. The van der Waals surface area contributed by atoms with E-state index in [1.807, 2.05) is 61.5 Å². The average Bonchev–Trinajstić information content (AvgIpc) is 3.11. The zero-order valence-electron chi connectivity index (χ0n) is 12.1. The number of hydrogen-bond donors (Lipinski definition) is 0. The van der Waals surface area contributed by atoms with Crippen molar-refractivity contribution in [3.05, 3.63) is 89.4 Å². The van der Waals surface area contributed by atoms with Gasteiger partial charge in [-0.1, -0.05) is 42.5 Å². The van der Waals surface area contributed by atoms with E-state index in [0.29, 0.717) is 17.1 Å². The average molecular weight is 290 g/mol. The highest BCUT2D eigenvalue weighted by Gasteiger charge is 2.53. The Bertz CT molecular complexity index is 848. The molecule has 3 nitrogen and oxygen atoms in total. The van der Waals surface area contributed by atoms with Gasteiger partial charge in [-0.3, -0.25) is 4.79 Å². The van der Waals surface area contributed by atoms with Crippen LogP contribution < -0.4 is 4.74 Å². The van der Waals surface area contributed by atoms with E-state index in [0.717, 1.165) is 11.1 Å². The Morgan fingerprint density at radius 1 is 0.909 bits per heavy atom. The summed E-state index contributed by atoms with van der Waals surface area (Å²) in [6.07, 6.45) is 1.59. The van der Waals surface area contributed by atoms with Gasteiger partial charge in [-0.25, -0.2) is 0 Å². The predicted octanol–water partition coefficient (Wildman–Crippen LogP) is 4.11. The van der Waals surface area contributed by atoms with Gasteiger partial charge >= 0.3 is 0 Å². The Kier molecular flexibility index (Phi) is 2.70. The Morgan fingerprint density at radius 2 is 1.64 bits per heavy atom. The van der Waals surface area contributed by atoms with Crippen LogP contribution in [0.3, 0.4) is 0 Å². The minimum Gasteiger partial charge on any atom is -0.465 e.